The van der Waals surface area contributed by atoms with Crippen molar-refractivity contribution in [2.75, 3.05) is 20.2 Å². The van der Waals surface area contributed by atoms with Crippen LogP contribution in [0.1, 0.15) is 0 Å². The van der Waals surface area contributed by atoms with E-state index in [2.05, 4.69) is 4.72 Å². The molecular formula is C11H15FN2OS. The Morgan fingerprint density at radius 2 is 2.19 bits per heavy atom. The van der Waals surface area contributed by atoms with Gasteiger partial charge in [-0.1, -0.05) is 0 Å². The van der Waals surface area contributed by atoms with Crippen molar-refractivity contribution in [1.29, 1.82) is 0 Å². The molecule has 0 aliphatic carbocycles. The summed E-state index contributed by atoms with van der Waals surface area (Å²) < 4.78 is 20.5. The zero-order valence-electron chi connectivity index (χ0n) is 9.07. The summed E-state index contributed by atoms with van der Waals surface area (Å²) in [6, 6.07) is 7.54. The van der Waals surface area contributed by atoms with E-state index in [1.165, 1.54) is 11.9 Å². The Bertz CT molecular complexity index is 340. The highest BCUT2D eigenvalue weighted by atomic mass is 32.2. The van der Waals surface area contributed by atoms with Gasteiger partial charge in [-0.3, -0.25) is 4.72 Å². The Labute approximate surface area is 99.0 Å². The average Bonchev–Trinajstić information content (AvgIpc) is 2.33. The number of hydrogen-bond acceptors (Lipinski definition) is 4. The molecule has 0 spiro atoms. The highest BCUT2D eigenvalue weighted by Gasteiger charge is 1.98. The minimum Gasteiger partial charge on any atom is -0.489 e. The van der Waals surface area contributed by atoms with Crippen molar-refractivity contribution in [3.05, 3.63) is 36.2 Å². The first kappa shape index (κ1) is 13.0. The SMILES string of the molecule is CNSc1ccc(OC/C(=C/F)CN)cc1. The van der Waals surface area contributed by atoms with Gasteiger partial charge in [0.25, 0.3) is 0 Å². The Hall–Kier alpha value is -1.04. The molecule has 0 unspecified atom stereocenters. The number of rotatable bonds is 6. The van der Waals surface area contributed by atoms with Gasteiger partial charge in [0.15, 0.2) is 0 Å². The molecule has 3 N–H and O–H groups in total. The maximum atomic E-state index is 12.2. The van der Waals surface area contributed by atoms with Crippen molar-refractivity contribution in [3.63, 3.8) is 0 Å². The predicted octanol–water partition coefficient (Wildman–Crippen LogP) is 2.10. The molecule has 5 heteroatoms. The van der Waals surface area contributed by atoms with E-state index >= 15 is 0 Å². The minimum absolute atomic E-state index is 0.171. The predicted molar refractivity (Wildman–Crippen MR) is 65.1 cm³/mol. The third-order valence-electron chi connectivity index (χ3n) is 1.88. The molecular weight excluding hydrogens is 227 g/mol. The van der Waals surface area contributed by atoms with Crippen molar-refractivity contribution in [2.24, 2.45) is 5.73 Å². The van der Waals surface area contributed by atoms with Gasteiger partial charge in [0.2, 0.25) is 0 Å². The summed E-state index contributed by atoms with van der Waals surface area (Å²) >= 11 is 1.52. The Balaban J connectivity index is 2.49. The minimum atomic E-state index is 0.171. The third-order valence-corrected chi connectivity index (χ3v) is 2.60. The Kier molecular flexibility index (Phi) is 5.92. The highest BCUT2D eigenvalue weighted by Crippen LogP contribution is 2.19. The van der Waals surface area contributed by atoms with Crippen molar-refractivity contribution < 1.29 is 9.13 Å². The molecule has 88 valence electrons. The second-order valence-electron chi connectivity index (χ2n) is 3.04. The molecule has 1 aromatic rings. The molecule has 0 heterocycles. The molecule has 0 saturated heterocycles. The molecule has 0 aliphatic heterocycles. The van der Waals surface area contributed by atoms with Gasteiger partial charge in [-0.25, -0.2) is 4.39 Å². The van der Waals surface area contributed by atoms with Crippen LogP contribution in [-0.4, -0.2) is 20.2 Å². The van der Waals surface area contributed by atoms with Crippen LogP contribution in [0.15, 0.2) is 41.1 Å². The van der Waals surface area contributed by atoms with Crippen LogP contribution >= 0.6 is 11.9 Å². The maximum Gasteiger partial charge on any atom is 0.119 e. The van der Waals surface area contributed by atoms with E-state index in [9.17, 15) is 4.39 Å². The monoisotopic (exact) mass is 242 g/mol. The molecule has 1 aromatic carbocycles. The molecule has 3 nitrogen and oxygen atoms in total. The zero-order chi connectivity index (χ0) is 11.8. The molecule has 0 fully saturated rings. The smallest absolute Gasteiger partial charge is 0.119 e. The lowest BCUT2D eigenvalue weighted by Gasteiger charge is -2.07. The topological polar surface area (TPSA) is 47.3 Å². The second kappa shape index (κ2) is 7.27. The summed E-state index contributed by atoms with van der Waals surface area (Å²) in [5.41, 5.74) is 5.75. The molecule has 0 aromatic heterocycles. The van der Waals surface area contributed by atoms with Crippen LogP contribution in [0.4, 0.5) is 4.39 Å². The Morgan fingerprint density at radius 3 is 2.69 bits per heavy atom. The summed E-state index contributed by atoms with van der Waals surface area (Å²) in [6.07, 6.45) is 0.491. The number of hydrogen-bond donors (Lipinski definition) is 2. The molecule has 16 heavy (non-hydrogen) atoms. The highest BCUT2D eigenvalue weighted by molar-refractivity contribution is 7.97. The molecule has 0 bridgehead atoms. The summed E-state index contributed by atoms with van der Waals surface area (Å²) in [4.78, 5) is 1.09. The van der Waals surface area contributed by atoms with Crippen LogP contribution in [0.5, 0.6) is 5.75 Å². The number of halogens is 1. The van der Waals surface area contributed by atoms with Crippen LogP contribution in [0.25, 0.3) is 0 Å². The molecule has 0 radical (unpaired) electrons. The van der Waals surface area contributed by atoms with E-state index < -0.39 is 0 Å². The van der Waals surface area contributed by atoms with Crippen molar-refractivity contribution in [1.82, 2.24) is 4.72 Å². The van der Waals surface area contributed by atoms with Crippen molar-refractivity contribution >= 4 is 11.9 Å². The molecule has 1 rings (SSSR count). The van der Waals surface area contributed by atoms with Gasteiger partial charge >= 0.3 is 0 Å². The average molecular weight is 242 g/mol. The first-order valence-corrected chi connectivity index (χ1v) is 5.66. The van der Waals surface area contributed by atoms with E-state index in [4.69, 9.17) is 10.5 Å². The van der Waals surface area contributed by atoms with Crippen LogP contribution in [0.2, 0.25) is 0 Å². The number of benzene rings is 1. The van der Waals surface area contributed by atoms with Crippen LogP contribution in [0, 0.1) is 0 Å². The first-order chi connectivity index (χ1) is 7.80. The number of ether oxygens (including phenoxy) is 1. The van der Waals surface area contributed by atoms with Crippen LogP contribution in [-0.2, 0) is 0 Å². The Morgan fingerprint density at radius 1 is 1.50 bits per heavy atom. The fourth-order valence-corrected chi connectivity index (χ4v) is 1.54. The first-order valence-electron chi connectivity index (χ1n) is 4.84. The van der Waals surface area contributed by atoms with E-state index in [1.807, 2.05) is 31.3 Å². The normalized spacial score (nSPS) is 11.6. The lowest BCUT2D eigenvalue weighted by atomic mass is 10.3. The van der Waals surface area contributed by atoms with Gasteiger partial charge in [-0.15, -0.1) is 0 Å². The molecule has 0 aliphatic rings. The summed E-state index contributed by atoms with van der Waals surface area (Å²) in [6.45, 7) is 0.357. The van der Waals surface area contributed by atoms with E-state index in [0.29, 0.717) is 17.7 Å². The fourth-order valence-electron chi connectivity index (χ4n) is 1.03. The van der Waals surface area contributed by atoms with Crippen molar-refractivity contribution in [3.8, 4) is 5.75 Å². The third kappa shape index (κ3) is 4.22. The molecule has 0 saturated carbocycles. The molecule has 0 atom stereocenters. The van der Waals surface area contributed by atoms with Gasteiger partial charge < -0.3 is 10.5 Å². The van der Waals surface area contributed by atoms with E-state index in [1.54, 1.807) is 0 Å². The van der Waals surface area contributed by atoms with Gasteiger partial charge in [0, 0.05) is 17.0 Å². The van der Waals surface area contributed by atoms with Crippen LogP contribution < -0.4 is 15.2 Å². The van der Waals surface area contributed by atoms with Gasteiger partial charge in [-0.05, 0) is 43.3 Å². The van der Waals surface area contributed by atoms with Gasteiger partial charge in [-0.2, -0.15) is 0 Å². The number of nitrogens with two attached hydrogens (primary N) is 1. The summed E-state index contributed by atoms with van der Waals surface area (Å²) in [7, 11) is 1.86. The summed E-state index contributed by atoms with van der Waals surface area (Å²) in [5, 5.41) is 0. The van der Waals surface area contributed by atoms with E-state index in [-0.39, 0.29) is 13.2 Å². The fraction of sp³-hybridized carbons (Fsp3) is 0.273. The maximum absolute atomic E-state index is 12.2. The van der Waals surface area contributed by atoms with Crippen molar-refractivity contribution in [2.45, 2.75) is 4.90 Å². The van der Waals surface area contributed by atoms with Gasteiger partial charge in [0.1, 0.15) is 12.4 Å². The van der Waals surface area contributed by atoms with E-state index in [0.717, 1.165) is 4.90 Å². The van der Waals surface area contributed by atoms with Gasteiger partial charge in [0.05, 0.1) is 6.33 Å². The second-order valence-corrected chi connectivity index (χ2v) is 4.12. The zero-order valence-corrected chi connectivity index (χ0v) is 9.89. The lowest BCUT2D eigenvalue weighted by Crippen LogP contribution is -2.10. The standard InChI is InChI=1S/C11H15FN2OS/c1-14-16-11-4-2-10(3-5-11)15-8-9(6-12)7-13/h2-6,14H,7-8,13H2,1H3/b9-6+. The summed E-state index contributed by atoms with van der Waals surface area (Å²) in [5.74, 6) is 0.702. The largest absolute Gasteiger partial charge is 0.489 e. The van der Waals surface area contributed by atoms with Crippen LogP contribution in [0.3, 0.4) is 0 Å². The molecule has 0 amide bonds. The number of nitrogens with one attached hydrogen (secondary N) is 1. The lowest BCUT2D eigenvalue weighted by molar-refractivity contribution is 0.347. The quantitative estimate of drug-likeness (QED) is 0.750.